The molecule has 5 heteroatoms. The molecular weight excluding hydrogens is 138 g/mol. The first kappa shape index (κ1) is 9.19. The highest BCUT2D eigenvalue weighted by molar-refractivity contribution is 5.67. The van der Waals surface area contributed by atoms with Crippen molar-refractivity contribution in [3.63, 3.8) is 0 Å². The standard InChI is InChI=1S/C5H11NO4/c1-10-5(9)6(4-8)2-3-7/h7-8H,2-4H2,1H3. The highest BCUT2D eigenvalue weighted by Crippen LogP contribution is 1.88. The van der Waals surface area contributed by atoms with Crippen molar-refractivity contribution >= 4 is 6.09 Å². The van der Waals surface area contributed by atoms with Crippen molar-refractivity contribution in [2.24, 2.45) is 0 Å². The first-order chi connectivity index (χ1) is 4.76. The van der Waals surface area contributed by atoms with Gasteiger partial charge >= 0.3 is 6.09 Å². The van der Waals surface area contributed by atoms with Gasteiger partial charge in [0.05, 0.1) is 13.7 Å². The van der Waals surface area contributed by atoms with Crippen molar-refractivity contribution in [1.82, 2.24) is 4.90 Å². The van der Waals surface area contributed by atoms with E-state index in [1.165, 1.54) is 7.11 Å². The second-order valence-electron chi connectivity index (χ2n) is 1.60. The number of ether oxygens (including phenoxy) is 1. The van der Waals surface area contributed by atoms with Gasteiger partial charge in [0.25, 0.3) is 0 Å². The smallest absolute Gasteiger partial charge is 0.411 e. The van der Waals surface area contributed by atoms with E-state index in [-0.39, 0.29) is 13.2 Å². The van der Waals surface area contributed by atoms with E-state index in [4.69, 9.17) is 10.2 Å². The van der Waals surface area contributed by atoms with Gasteiger partial charge in [0.15, 0.2) is 0 Å². The molecule has 0 atom stereocenters. The molecule has 0 aromatic carbocycles. The van der Waals surface area contributed by atoms with Crippen LogP contribution in [0.5, 0.6) is 0 Å². The zero-order valence-electron chi connectivity index (χ0n) is 5.78. The number of hydrogen-bond donors (Lipinski definition) is 2. The van der Waals surface area contributed by atoms with E-state index in [1.807, 2.05) is 0 Å². The Morgan fingerprint density at radius 1 is 1.60 bits per heavy atom. The van der Waals surface area contributed by atoms with Crippen LogP contribution in [0.15, 0.2) is 0 Å². The third kappa shape index (κ3) is 2.65. The van der Waals surface area contributed by atoms with E-state index >= 15 is 0 Å². The Morgan fingerprint density at radius 2 is 2.20 bits per heavy atom. The van der Waals surface area contributed by atoms with Crippen LogP contribution < -0.4 is 0 Å². The lowest BCUT2D eigenvalue weighted by Gasteiger charge is -2.15. The summed E-state index contributed by atoms with van der Waals surface area (Å²) in [5.74, 6) is 0. The number of nitrogens with zero attached hydrogens (tertiary/aromatic N) is 1. The predicted octanol–water partition coefficient (Wildman–Crippen LogP) is -1.00. The average molecular weight is 149 g/mol. The summed E-state index contributed by atoms with van der Waals surface area (Å²) in [7, 11) is 1.21. The van der Waals surface area contributed by atoms with E-state index < -0.39 is 12.8 Å². The van der Waals surface area contributed by atoms with Gasteiger partial charge in [-0.3, -0.25) is 4.90 Å². The van der Waals surface area contributed by atoms with Crippen LogP contribution in [0.1, 0.15) is 0 Å². The fourth-order valence-electron chi connectivity index (χ4n) is 0.470. The van der Waals surface area contributed by atoms with E-state index in [1.54, 1.807) is 0 Å². The van der Waals surface area contributed by atoms with Crippen molar-refractivity contribution in [2.75, 3.05) is 27.0 Å². The zero-order chi connectivity index (χ0) is 7.98. The molecule has 5 nitrogen and oxygen atoms in total. The minimum atomic E-state index is -0.642. The van der Waals surface area contributed by atoms with Gasteiger partial charge in [-0.2, -0.15) is 0 Å². The van der Waals surface area contributed by atoms with Crippen molar-refractivity contribution in [2.45, 2.75) is 0 Å². The lowest BCUT2D eigenvalue weighted by molar-refractivity contribution is 0.0651. The van der Waals surface area contributed by atoms with Gasteiger partial charge in [0.1, 0.15) is 6.73 Å². The Bertz CT molecular complexity index is 106. The van der Waals surface area contributed by atoms with Crippen LogP contribution in [0, 0.1) is 0 Å². The average Bonchev–Trinajstić information content (AvgIpc) is 1.99. The maximum absolute atomic E-state index is 10.6. The highest BCUT2D eigenvalue weighted by Gasteiger charge is 2.09. The number of rotatable bonds is 3. The van der Waals surface area contributed by atoms with Gasteiger partial charge in [-0.1, -0.05) is 0 Å². The molecule has 0 aliphatic rings. The van der Waals surface area contributed by atoms with Crippen molar-refractivity contribution < 1.29 is 19.7 Å². The summed E-state index contributed by atoms with van der Waals surface area (Å²) >= 11 is 0. The topological polar surface area (TPSA) is 70.0 Å². The zero-order valence-corrected chi connectivity index (χ0v) is 5.78. The Kier molecular flexibility index (Phi) is 4.61. The van der Waals surface area contributed by atoms with Crippen LogP contribution in [-0.2, 0) is 4.74 Å². The predicted molar refractivity (Wildman–Crippen MR) is 33.3 cm³/mol. The summed E-state index contributed by atoms with van der Waals surface area (Å²) in [6.07, 6.45) is -0.642. The molecule has 0 aliphatic carbocycles. The molecular formula is C5H11NO4. The fourth-order valence-corrected chi connectivity index (χ4v) is 0.470. The quantitative estimate of drug-likeness (QED) is 0.505. The molecule has 10 heavy (non-hydrogen) atoms. The van der Waals surface area contributed by atoms with Crippen molar-refractivity contribution in [3.8, 4) is 0 Å². The van der Waals surface area contributed by atoms with Crippen LogP contribution in [0.3, 0.4) is 0 Å². The fraction of sp³-hybridized carbons (Fsp3) is 0.800. The normalized spacial score (nSPS) is 9.10. The Labute approximate surface area is 58.8 Å². The molecule has 0 fully saturated rings. The monoisotopic (exact) mass is 149 g/mol. The molecule has 0 heterocycles. The summed E-state index contributed by atoms with van der Waals surface area (Å²) < 4.78 is 4.27. The van der Waals surface area contributed by atoms with E-state index in [0.717, 1.165) is 4.90 Å². The Hall–Kier alpha value is -0.810. The molecule has 0 aliphatic heterocycles. The van der Waals surface area contributed by atoms with E-state index in [0.29, 0.717) is 0 Å². The minimum absolute atomic E-state index is 0.0865. The second-order valence-corrected chi connectivity index (χ2v) is 1.60. The first-order valence-electron chi connectivity index (χ1n) is 2.81. The van der Waals surface area contributed by atoms with Gasteiger partial charge < -0.3 is 14.9 Å². The minimum Gasteiger partial charge on any atom is -0.453 e. The molecule has 0 rings (SSSR count). The summed E-state index contributed by atoms with van der Waals surface area (Å²) in [5, 5.41) is 16.8. The summed E-state index contributed by atoms with van der Waals surface area (Å²) in [5.41, 5.74) is 0. The molecule has 0 radical (unpaired) electrons. The van der Waals surface area contributed by atoms with Crippen molar-refractivity contribution in [3.05, 3.63) is 0 Å². The van der Waals surface area contributed by atoms with E-state index in [9.17, 15) is 4.79 Å². The van der Waals surface area contributed by atoms with E-state index in [2.05, 4.69) is 4.74 Å². The van der Waals surface area contributed by atoms with Crippen LogP contribution in [0.4, 0.5) is 4.79 Å². The maximum Gasteiger partial charge on any atom is 0.411 e. The number of aliphatic hydroxyl groups excluding tert-OH is 2. The Balaban J connectivity index is 3.68. The lowest BCUT2D eigenvalue weighted by Crippen LogP contribution is -2.34. The summed E-state index contributed by atoms with van der Waals surface area (Å²) in [4.78, 5) is 11.5. The van der Waals surface area contributed by atoms with Gasteiger partial charge in [0, 0.05) is 6.54 Å². The van der Waals surface area contributed by atoms with Crippen LogP contribution >= 0.6 is 0 Å². The van der Waals surface area contributed by atoms with Gasteiger partial charge in [0.2, 0.25) is 0 Å². The summed E-state index contributed by atoms with van der Waals surface area (Å²) in [6.45, 7) is -0.536. The molecule has 0 unspecified atom stereocenters. The molecule has 0 saturated carbocycles. The molecule has 0 bridgehead atoms. The number of carbonyl (C=O) groups excluding carboxylic acids is 1. The number of methoxy groups -OCH3 is 1. The van der Waals surface area contributed by atoms with Gasteiger partial charge in [-0.05, 0) is 0 Å². The highest BCUT2D eigenvalue weighted by atomic mass is 16.5. The van der Waals surface area contributed by atoms with Crippen LogP contribution in [0.25, 0.3) is 0 Å². The third-order valence-electron chi connectivity index (χ3n) is 0.973. The molecule has 2 N–H and O–H groups in total. The number of aliphatic hydroxyl groups is 2. The molecule has 0 aromatic rings. The maximum atomic E-state index is 10.6. The molecule has 0 aromatic heterocycles. The molecule has 0 saturated heterocycles. The van der Waals surface area contributed by atoms with Crippen LogP contribution in [0.2, 0.25) is 0 Å². The lowest BCUT2D eigenvalue weighted by atomic mass is 10.6. The molecule has 0 spiro atoms. The Morgan fingerprint density at radius 3 is 2.50 bits per heavy atom. The van der Waals surface area contributed by atoms with Gasteiger partial charge in [-0.15, -0.1) is 0 Å². The van der Waals surface area contributed by atoms with Crippen LogP contribution in [-0.4, -0.2) is 48.2 Å². The number of hydrogen-bond acceptors (Lipinski definition) is 4. The van der Waals surface area contributed by atoms with Crippen molar-refractivity contribution in [1.29, 1.82) is 0 Å². The molecule has 1 amide bonds. The number of carbonyl (C=O) groups is 1. The van der Waals surface area contributed by atoms with Gasteiger partial charge in [-0.25, -0.2) is 4.79 Å². The first-order valence-corrected chi connectivity index (χ1v) is 2.81. The SMILES string of the molecule is COC(=O)N(CO)CCO. The number of amides is 1. The summed E-state index contributed by atoms with van der Waals surface area (Å²) in [6, 6.07) is 0. The largest absolute Gasteiger partial charge is 0.453 e. The molecule has 60 valence electrons. The third-order valence-corrected chi connectivity index (χ3v) is 0.973. The second kappa shape index (κ2) is 5.01.